The van der Waals surface area contributed by atoms with Gasteiger partial charge in [-0.2, -0.15) is 13.2 Å². The molecule has 1 aromatic carbocycles. The van der Waals surface area contributed by atoms with Gasteiger partial charge < -0.3 is 9.47 Å². The molecule has 1 atom stereocenters. The van der Waals surface area contributed by atoms with Crippen molar-refractivity contribution in [2.45, 2.75) is 39.0 Å². The van der Waals surface area contributed by atoms with Crippen LogP contribution in [0.5, 0.6) is 5.75 Å². The molecule has 1 aromatic rings. The normalized spacial score (nSPS) is 12.8. The summed E-state index contributed by atoms with van der Waals surface area (Å²) in [7, 11) is 0. The molecule has 20 heavy (non-hydrogen) atoms. The van der Waals surface area contributed by atoms with Crippen molar-refractivity contribution in [3.8, 4) is 5.75 Å². The molecule has 3 nitrogen and oxygen atoms in total. The van der Waals surface area contributed by atoms with Crippen molar-refractivity contribution in [2.75, 3.05) is 6.61 Å². The van der Waals surface area contributed by atoms with Gasteiger partial charge in [-0.05, 0) is 25.5 Å². The maximum atomic E-state index is 12.8. The van der Waals surface area contributed by atoms with Gasteiger partial charge in [0.05, 0.1) is 12.2 Å². The molecule has 0 aromatic heterocycles. The molecule has 0 N–H and O–H groups in total. The molecular weight excluding hydrogens is 273 g/mol. The smallest absolute Gasteiger partial charge is 0.419 e. The lowest BCUT2D eigenvalue weighted by molar-refractivity contribution is -0.153. The largest absolute Gasteiger partial charge is 0.478 e. The fourth-order valence-corrected chi connectivity index (χ4v) is 1.68. The van der Waals surface area contributed by atoms with Crippen molar-refractivity contribution < 1.29 is 27.4 Å². The minimum atomic E-state index is -4.53. The number of ether oxygens (including phenoxy) is 2. The third-order valence-electron chi connectivity index (χ3n) is 2.56. The topological polar surface area (TPSA) is 35.5 Å². The molecule has 0 amide bonds. The van der Waals surface area contributed by atoms with Gasteiger partial charge in [-0.25, -0.2) is 4.79 Å². The van der Waals surface area contributed by atoms with E-state index in [0.29, 0.717) is 12.8 Å². The second kappa shape index (κ2) is 7.17. The van der Waals surface area contributed by atoms with Gasteiger partial charge in [-0.1, -0.05) is 25.5 Å². The average Bonchev–Trinajstić information content (AvgIpc) is 2.38. The fourth-order valence-electron chi connectivity index (χ4n) is 1.68. The van der Waals surface area contributed by atoms with Gasteiger partial charge in [0, 0.05) is 0 Å². The second-order valence-electron chi connectivity index (χ2n) is 4.14. The first-order valence-corrected chi connectivity index (χ1v) is 6.39. The number of hydrogen-bond acceptors (Lipinski definition) is 3. The molecule has 0 aliphatic carbocycles. The van der Waals surface area contributed by atoms with Crippen molar-refractivity contribution in [2.24, 2.45) is 0 Å². The first kappa shape index (κ1) is 16.3. The second-order valence-corrected chi connectivity index (χ2v) is 4.14. The molecule has 0 aliphatic rings. The first-order valence-electron chi connectivity index (χ1n) is 6.39. The highest BCUT2D eigenvalue weighted by atomic mass is 19.4. The summed E-state index contributed by atoms with van der Waals surface area (Å²) in [6.07, 6.45) is -4.66. The van der Waals surface area contributed by atoms with E-state index in [9.17, 15) is 18.0 Å². The predicted octanol–water partition coefficient (Wildman–Crippen LogP) is 3.82. The quantitative estimate of drug-likeness (QED) is 0.747. The Hall–Kier alpha value is -1.72. The Morgan fingerprint density at radius 1 is 1.25 bits per heavy atom. The zero-order valence-electron chi connectivity index (χ0n) is 11.4. The maximum Gasteiger partial charge on any atom is 0.419 e. The molecule has 0 saturated heterocycles. The van der Waals surface area contributed by atoms with Gasteiger partial charge >= 0.3 is 12.1 Å². The highest BCUT2D eigenvalue weighted by Crippen LogP contribution is 2.36. The van der Waals surface area contributed by atoms with Gasteiger partial charge in [0.15, 0.2) is 6.10 Å². The molecule has 1 rings (SSSR count). The fraction of sp³-hybridized carbons (Fsp3) is 0.500. The summed E-state index contributed by atoms with van der Waals surface area (Å²) >= 11 is 0. The van der Waals surface area contributed by atoms with Crippen LogP contribution in [0, 0.1) is 0 Å². The molecule has 0 radical (unpaired) electrons. The van der Waals surface area contributed by atoms with Crippen LogP contribution in [-0.4, -0.2) is 18.7 Å². The molecule has 0 aliphatic heterocycles. The lowest BCUT2D eigenvalue weighted by Gasteiger charge is -2.20. The number of carbonyl (C=O) groups is 1. The third kappa shape index (κ3) is 4.43. The van der Waals surface area contributed by atoms with Crippen molar-refractivity contribution >= 4 is 5.97 Å². The number of esters is 1. The molecule has 6 heteroatoms. The van der Waals surface area contributed by atoms with Gasteiger partial charge in [0.1, 0.15) is 5.75 Å². The monoisotopic (exact) mass is 290 g/mol. The Labute approximate surface area is 115 Å². The van der Waals surface area contributed by atoms with E-state index < -0.39 is 23.8 Å². The highest BCUT2D eigenvalue weighted by molar-refractivity contribution is 5.75. The molecule has 112 valence electrons. The SMILES string of the molecule is CCCC(Oc1ccccc1C(F)(F)F)C(=O)OCC. The maximum absolute atomic E-state index is 12.8. The molecule has 0 heterocycles. The van der Waals surface area contributed by atoms with E-state index in [1.165, 1.54) is 18.2 Å². The lowest BCUT2D eigenvalue weighted by atomic mass is 10.1. The zero-order chi connectivity index (χ0) is 15.2. The summed E-state index contributed by atoms with van der Waals surface area (Å²) in [4.78, 5) is 11.7. The molecule has 0 fully saturated rings. The highest BCUT2D eigenvalue weighted by Gasteiger charge is 2.35. The number of carbonyl (C=O) groups excluding carboxylic acids is 1. The van der Waals surface area contributed by atoms with Gasteiger partial charge in [0.25, 0.3) is 0 Å². The standard InChI is InChI=1S/C14H17F3O3/c1-3-7-12(13(18)19-4-2)20-11-9-6-5-8-10(11)14(15,16)17/h5-6,8-9,12H,3-4,7H2,1-2H3. The van der Waals surface area contributed by atoms with E-state index in [0.717, 1.165) is 6.07 Å². The number of rotatable bonds is 6. The van der Waals surface area contributed by atoms with Crippen molar-refractivity contribution in [1.82, 2.24) is 0 Å². The van der Waals surface area contributed by atoms with E-state index >= 15 is 0 Å². The Balaban J connectivity index is 2.97. The summed E-state index contributed by atoms with van der Waals surface area (Å²) in [5, 5.41) is 0. The summed E-state index contributed by atoms with van der Waals surface area (Å²) in [6, 6.07) is 4.82. The molecule has 0 bridgehead atoms. The number of halogens is 3. The molecule has 0 spiro atoms. The summed E-state index contributed by atoms with van der Waals surface area (Å²) in [6.45, 7) is 3.60. The van der Waals surface area contributed by atoms with Crippen LogP contribution in [0.25, 0.3) is 0 Å². The number of alkyl halides is 3. The van der Waals surface area contributed by atoms with E-state index in [1.807, 2.05) is 6.92 Å². The Morgan fingerprint density at radius 3 is 2.45 bits per heavy atom. The molecule has 0 saturated carbocycles. The van der Waals surface area contributed by atoms with Crippen LogP contribution in [0.4, 0.5) is 13.2 Å². The Bertz CT molecular complexity index is 444. The third-order valence-corrected chi connectivity index (χ3v) is 2.56. The summed E-state index contributed by atoms with van der Waals surface area (Å²) < 4.78 is 48.6. The van der Waals surface area contributed by atoms with Gasteiger partial charge in [-0.15, -0.1) is 0 Å². The summed E-state index contributed by atoms with van der Waals surface area (Å²) in [5.74, 6) is -1.00. The summed E-state index contributed by atoms with van der Waals surface area (Å²) in [5.41, 5.74) is -0.898. The number of benzene rings is 1. The Morgan fingerprint density at radius 2 is 1.90 bits per heavy atom. The van der Waals surface area contributed by atoms with Crippen LogP contribution in [0.2, 0.25) is 0 Å². The van der Waals surface area contributed by atoms with Gasteiger partial charge in [-0.3, -0.25) is 0 Å². The van der Waals surface area contributed by atoms with Crippen molar-refractivity contribution in [1.29, 1.82) is 0 Å². The van der Waals surface area contributed by atoms with Crippen LogP contribution >= 0.6 is 0 Å². The number of hydrogen-bond donors (Lipinski definition) is 0. The Kier molecular flexibility index (Phi) is 5.85. The first-order chi connectivity index (χ1) is 9.40. The van der Waals surface area contributed by atoms with Gasteiger partial charge in [0.2, 0.25) is 0 Å². The van der Waals surface area contributed by atoms with E-state index in [4.69, 9.17) is 9.47 Å². The molecular formula is C14H17F3O3. The van der Waals surface area contributed by atoms with Crippen LogP contribution in [0.15, 0.2) is 24.3 Å². The van der Waals surface area contributed by atoms with Crippen LogP contribution < -0.4 is 4.74 Å². The van der Waals surface area contributed by atoms with E-state index in [1.54, 1.807) is 6.92 Å². The number of para-hydroxylation sites is 1. The lowest BCUT2D eigenvalue weighted by Crippen LogP contribution is -2.30. The van der Waals surface area contributed by atoms with E-state index in [2.05, 4.69) is 0 Å². The zero-order valence-corrected chi connectivity index (χ0v) is 11.4. The minimum absolute atomic E-state index is 0.156. The van der Waals surface area contributed by atoms with Crippen molar-refractivity contribution in [3.63, 3.8) is 0 Å². The molecule has 1 unspecified atom stereocenters. The van der Waals surface area contributed by atoms with E-state index in [-0.39, 0.29) is 12.4 Å². The minimum Gasteiger partial charge on any atom is -0.478 e. The van der Waals surface area contributed by atoms with Crippen LogP contribution in [-0.2, 0) is 15.7 Å². The predicted molar refractivity (Wildman–Crippen MR) is 67.4 cm³/mol. The van der Waals surface area contributed by atoms with Crippen LogP contribution in [0.1, 0.15) is 32.3 Å². The average molecular weight is 290 g/mol. The van der Waals surface area contributed by atoms with Crippen molar-refractivity contribution in [3.05, 3.63) is 29.8 Å². The van der Waals surface area contributed by atoms with Crippen LogP contribution in [0.3, 0.4) is 0 Å².